The van der Waals surface area contributed by atoms with E-state index in [1.54, 1.807) is 13.8 Å². The number of carbonyl (C=O) groups excluding carboxylic acids is 4. The lowest BCUT2D eigenvalue weighted by atomic mass is 10.1. The van der Waals surface area contributed by atoms with Gasteiger partial charge in [-0.1, -0.05) is 13.8 Å². The average molecular weight is 565 g/mol. The van der Waals surface area contributed by atoms with Gasteiger partial charge in [-0.2, -0.15) is 0 Å². The van der Waals surface area contributed by atoms with Gasteiger partial charge in [0.1, 0.15) is 25.9 Å². The van der Waals surface area contributed by atoms with Crippen LogP contribution in [0.1, 0.15) is 47.5 Å². The number of rotatable bonds is 21. The Morgan fingerprint density at radius 2 is 1.28 bits per heavy atom. The van der Waals surface area contributed by atoms with Crippen LogP contribution in [0.25, 0.3) is 0 Å². The van der Waals surface area contributed by atoms with Gasteiger partial charge in [0.05, 0.1) is 25.4 Å². The second-order valence-electron chi connectivity index (χ2n) is 10.1. The van der Waals surface area contributed by atoms with Crippen LogP contribution in [0.4, 0.5) is 4.79 Å². The number of aliphatic hydroxyl groups excluding tert-OH is 2. The first kappa shape index (κ1) is 36.5. The Morgan fingerprint density at radius 1 is 0.769 bits per heavy atom. The number of ether oxygens (including phenoxy) is 4. The molecule has 0 heterocycles. The van der Waals surface area contributed by atoms with Crippen molar-refractivity contribution >= 4 is 24.0 Å². The van der Waals surface area contributed by atoms with E-state index in [2.05, 4.69) is 42.0 Å². The van der Waals surface area contributed by atoms with Gasteiger partial charge < -0.3 is 50.4 Å². The summed E-state index contributed by atoms with van der Waals surface area (Å²) in [6.07, 6.45) is -3.55. The summed E-state index contributed by atoms with van der Waals surface area (Å²) < 4.78 is 19.6. The summed E-state index contributed by atoms with van der Waals surface area (Å²) in [6.45, 7) is 12.1. The molecular weight excluding hydrogens is 516 g/mol. The average Bonchev–Trinajstić information content (AvgIpc) is 2.87. The predicted octanol–water partition coefficient (Wildman–Crippen LogP) is -0.932. The molecule has 0 saturated heterocycles. The standard InChI is InChI=1S/C25H48N4O10/c1-18(2)23(34)39-20(14-30)17-37-22(33)7-6-21(32)36-15-19(31)16-38-24(35)28-12-10-26-8-9-27-11-13-29-25(3,4)5/h18-20,26-27,29-31H,6-17H2,1-5H3,(H,28,35). The third-order valence-electron chi connectivity index (χ3n) is 4.77. The summed E-state index contributed by atoms with van der Waals surface area (Å²) in [7, 11) is 0. The van der Waals surface area contributed by atoms with Crippen LogP contribution in [-0.4, -0.2) is 118 Å². The zero-order valence-electron chi connectivity index (χ0n) is 23.9. The number of nitrogens with one attached hydrogen (secondary N) is 4. The Hall–Kier alpha value is -2.52. The topological polar surface area (TPSA) is 194 Å². The van der Waals surface area contributed by atoms with Crippen LogP contribution >= 0.6 is 0 Å². The molecule has 0 spiro atoms. The van der Waals surface area contributed by atoms with Gasteiger partial charge in [-0.05, 0) is 20.8 Å². The molecule has 0 aromatic carbocycles. The Labute approximate surface area is 230 Å². The molecular formula is C25H48N4O10. The Kier molecular flexibility index (Phi) is 19.9. The number of hydrogen-bond acceptors (Lipinski definition) is 13. The molecule has 0 aromatic heterocycles. The molecule has 228 valence electrons. The lowest BCUT2D eigenvalue weighted by Gasteiger charge is -2.20. The maximum absolute atomic E-state index is 11.8. The van der Waals surface area contributed by atoms with Crippen molar-refractivity contribution in [1.29, 1.82) is 0 Å². The van der Waals surface area contributed by atoms with Crippen LogP contribution < -0.4 is 21.3 Å². The summed E-state index contributed by atoms with van der Waals surface area (Å²) in [5.74, 6) is -2.44. The van der Waals surface area contributed by atoms with Crippen molar-refractivity contribution in [3.05, 3.63) is 0 Å². The van der Waals surface area contributed by atoms with Gasteiger partial charge in [0, 0.05) is 44.8 Å². The van der Waals surface area contributed by atoms with Crippen LogP contribution in [0.5, 0.6) is 0 Å². The number of hydrogen-bond donors (Lipinski definition) is 6. The van der Waals surface area contributed by atoms with Crippen molar-refractivity contribution < 1.29 is 48.3 Å². The number of amides is 1. The van der Waals surface area contributed by atoms with Crippen molar-refractivity contribution in [3.63, 3.8) is 0 Å². The third kappa shape index (κ3) is 23.1. The summed E-state index contributed by atoms with van der Waals surface area (Å²) in [5, 5.41) is 31.4. The highest BCUT2D eigenvalue weighted by Crippen LogP contribution is 2.03. The summed E-state index contributed by atoms with van der Waals surface area (Å²) in [6, 6.07) is 0. The fourth-order valence-electron chi connectivity index (χ4n) is 2.62. The summed E-state index contributed by atoms with van der Waals surface area (Å²) >= 11 is 0. The quantitative estimate of drug-likeness (QED) is 0.0569. The Balaban J connectivity index is 3.78. The first-order valence-corrected chi connectivity index (χ1v) is 13.2. The van der Waals surface area contributed by atoms with Crippen LogP contribution in [0.2, 0.25) is 0 Å². The molecule has 0 aromatic rings. The monoisotopic (exact) mass is 564 g/mol. The predicted molar refractivity (Wildman–Crippen MR) is 142 cm³/mol. The molecule has 0 aliphatic carbocycles. The molecule has 0 rings (SSSR count). The molecule has 0 saturated carbocycles. The fourth-order valence-corrected chi connectivity index (χ4v) is 2.62. The first-order chi connectivity index (χ1) is 18.3. The molecule has 0 fully saturated rings. The molecule has 2 atom stereocenters. The molecule has 39 heavy (non-hydrogen) atoms. The Morgan fingerprint density at radius 3 is 1.82 bits per heavy atom. The van der Waals surface area contributed by atoms with Crippen molar-refractivity contribution in [1.82, 2.24) is 21.3 Å². The van der Waals surface area contributed by atoms with Crippen LogP contribution in [-0.2, 0) is 33.3 Å². The van der Waals surface area contributed by atoms with Gasteiger partial charge in [-0.3, -0.25) is 14.4 Å². The van der Waals surface area contributed by atoms with Gasteiger partial charge in [0.15, 0.2) is 6.10 Å². The minimum absolute atomic E-state index is 0.0967. The van der Waals surface area contributed by atoms with E-state index in [4.69, 9.17) is 18.9 Å². The lowest BCUT2D eigenvalue weighted by Crippen LogP contribution is -2.41. The second kappa shape index (κ2) is 21.3. The molecule has 14 heteroatoms. The SMILES string of the molecule is CC(C)C(=O)OC(CO)COC(=O)CCC(=O)OCC(O)COC(=O)NCCNCCNCCNC(C)(C)C. The molecule has 0 bridgehead atoms. The third-order valence-corrected chi connectivity index (χ3v) is 4.77. The van der Waals surface area contributed by atoms with Crippen LogP contribution in [0.3, 0.4) is 0 Å². The molecule has 0 aliphatic heterocycles. The van der Waals surface area contributed by atoms with E-state index in [0.29, 0.717) is 13.1 Å². The van der Waals surface area contributed by atoms with Crippen molar-refractivity contribution in [3.8, 4) is 0 Å². The van der Waals surface area contributed by atoms with Crippen LogP contribution in [0, 0.1) is 5.92 Å². The molecule has 2 unspecified atom stereocenters. The highest BCUT2D eigenvalue weighted by molar-refractivity contribution is 5.77. The smallest absolute Gasteiger partial charge is 0.407 e. The van der Waals surface area contributed by atoms with E-state index in [1.807, 2.05) is 0 Å². The Bertz CT molecular complexity index is 715. The number of aliphatic hydroxyl groups is 2. The highest BCUT2D eigenvalue weighted by atomic mass is 16.6. The van der Waals surface area contributed by atoms with Crippen molar-refractivity contribution in [2.24, 2.45) is 5.92 Å². The summed E-state index contributed by atoms with van der Waals surface area (Å²) in [5.41, 5.74) is 0.0967. The fraction of sp³-hybridized carbons (Fsp3) is 0.840. The van der Waals surface area contributed by atoms with Gasteiger partial charge >= 0.3 is 24.0 Å². The van der Waals surface area contributed by atoms with Gasteiger partial charge in [0.25, 0.3) is 0 Å². The zero-order chi connectivity index (χ0) is 29.7. The largest absolute Gasteiger partial charge is 0.463 e. The van der Waals surface area contributed by atoms with E-state index < -0.39 is 55.3 Å². The van der Waals surface area contributed by atoms with E-state index in [1.165, 1.54) is 0 Å². The lowest BCUT2D eigenvalue weighted by molar-refractivity contribution is -0.164. The van der Waals surface area contributed by atoms with Crippen molar-refractivity contribution in [2.75, 3.05) is 65.7 Å². The summed E-state index contributed by atoms with van der Waals surface area (Å²) in [4.78, 5) is 46.7. The van der Waals surface area contributed by atoms with E-state index in [0.717, 1.165) is 26.2 Å². The minimum atomic E-state index is -1.23. The molecule has 0 aliphatic rings. The number of carbonyl (C=O) groups is 4. The van der Waals surface area contributed by atoms with Crippen molar-refractivity contribution in [2.45, 2.75) is 65.2 Å². The van der Waals surface area contributed by atoms with E-state index in [-0.39, 0.29) is 31.6 Å². The minimum Gasteiger partial charge on any atom is -0.463 e. The van der Waals surface area contributed by atoms with Gasteiger partial charge in [0.2, 0.25) is 0 Å². The number of alkyl carbamates (subject to hydrolysis) is 1. The first-order valence-electron chi connectivity index (χ1n) is 13.2. The maximum Gasteiger partial charge on any atom is 0.407 e. The van der Waals surface area contributed by atoms with Gasteiger partial charge in [-0.25, -0.2) is 4.79 Å². The van der Waals surface area contributed by atoms with E-state index in [9.17, 15) is 29.4 Å². The zero-order valence-corrected chi connectivity index (χ0v) is 23.9. The molecule has 1 amide bonds. The normalized spacial score (nSPS) is 12.9. The number of esters is 3. The van der Waals surface area contributed by atoms with Gasteiger partial charge in [-0.15, -0.1) is 0 Å². The molecule has 0 radical (unpaired) electrons. The highest BCUT2D eigenvalue weighted by Gasteiger charge is 2.19. The molecule has 14 nitrogen and oxygen atoms in total. The second-order valence-corrected chi connectivity index (χ2v) is 10.1. The molecule has 6 N–H and O–H groups in total. The maximum atomic E-state index is 11.8. The van der Waals surface area contributed by atoms with E-state index >= 15 is 0 Å². The van der Waals surface area contributed by atoms with Crippen LogP contribution in [0.15, 0.2) is 0 Å².